The van der Waals surface area contributed by atoms with Gasteiger partial charge in [-0.15, -0.1) is 11.3 Å². The van der Waals surface area contributed by atoms with Gasteiger partial charge in [-0.25, -0.2) is 4.98 Å². The number of thiazole rings is 1. The first-order chi connectivity index (χ1) is 7.92. The number of thioether (sulfide) groups is 1. The van der Waals surface area contributed by atoms with Crippen molar-refractivity contribution in [2.45, 2.75) is 31.5 Å². The summed E-state index contributed by atoms with van der Waals surface area (Å²) >= 11 is 3.76. The minimum absolute atomic E-state index is 0.235. The van der Waals surface area contributed by atoms with Gasteiger partial charge in [-0.05, 0) is 12.8 Å². The highest BCUT2D eigenvalue weighted by Gasteiger charge is 2.22. The van der Waals surface area contributed by atoms with Crippen LogP contribution < -0.4 is 5.32 Å². The number of hydrogen-bond acceptors (Lipinski definition) is 5. The Hall–Kier alpha value is -0.100. The molecule has 2 fully saturated rings. The Bertz CT molecular complexity index is 346. The average molecular weight is 256 g/mol. The topological polar surface area (TPSA) is 34.1 Å². The van der Waals surface area contributed by atoms with E-state index in [4.69, 9.17) is 4.74 Å². The van der Waals surface area contributed by atoms with Gasteiger partial charge in [0, 0.05) is 35.2 Å². The summed E-state index contributed by atoms with van der Waals surface area (Å²) in [7, 11) is 0. The molecule has 0 radical (unpaired) electrons. The molecule has 1 atom stereocenters. The van der Waals surface area contributed by atoms with Gasteiger partial charge in [0.05, 0.1) is 6.61 Å². The molecule has 2 heterocycles. The molecule has 16 heavy (non-hydrogen) atoms. The van der Waals surface area contributed by atoms with Crippen LogP contribution in [0.5, 0.6) is 0 Å². The molecule has 1 aliphatic carbocycles. The van der Waals surface area contributed by atoms with Crippen molar-refractivity contribution in [2.75, 3.05) is 18.1 Å². The number of rotatable bonds is 4. The first-order valence-electron chi connectivity index (χ1n) is 5.79. The van der Waals surface area contributed by atoms with Crippen molar-refractivity contribution in [1.29, 1.82) is 0 Å². The maximum absolute atomic E-state index is 5.72. The van der Waals surface area contributed by atoms with Gasteiger partial charge < -0.3 is 10.1 Å². The van der Waals surface area contributed by atoms with E-state index in [-0.39, 0.29) is 6.10 Å². The van der Waals surface area contributed by atoms with Crippen molar-refractivity contribution in [2.24, 2.45) is 0 Å². The molecule has 0 amide bonds. The van der Waals surface area contributed by atoms with Gasteiger partial charge >= 0.3 is 0 Å². The van der Waals surface area contributed by atoms with Crippen LogP contribution in [-0.2, 0) is 11.3 Å². The second-order valence-corrected chi connectivity index (χ2v) is 6.55. The highest BCUT2D eigenvalue weighted by Crippen LogP contribution is 2.29. The minimum Gasteiger partial charge on any atom is -0.369 e. The van der Waals surface area contributed by atoms with Crippen LogP contribution in [0, 0.1) is 0 Å². The quantitative estimate of drug-likeness (QED) is 0.895. The predicted molar refractivity (Wildman–Crippen MR) is 68.0 cm³/mol. The van der Waals surface area contributed by atoms with E-state index in [2.05, 4.69) is 10.3 Å². The number of nitrogens with zero attached hydrogens (tertiary/aromatic N) is 1. The first kappa shape index (κ1) is 11.0. The van der Waals surface area contributed by atoms with Crippen LogP contribution >= 0.6 is 23.1 Å². The number of ether oxygens (including phenoxy) is 1. The molecule has 0 spiro atoms. The maximum Gasteiger partial charge on any atom is 0.123 e. The average Bonchev–Trinajstić information content (AvgIpc) is 3.05. The Morgan fingerprint density at radius 2 is 2.44 bits per heavy atom. The van der Waals surface area contributed by atoms with Crippen molar-refractivity contribution in [3.63, 3.8) is 0 Å². The van der Waals surface area contributed by atoms with Crippen LogP contribution in [-0.4, -0.2) is 29.1 Å². The molecule has 1 unspecified atom stereocenters. The Morgan fingerprint density at radius 1 is 1.50 bits per heavy atom. The molecule has 88 valence electrons. The molecule has 1 saturated carbocycles. The number of nitrogens with one attached hydrogen (secondary N) is 1. The lowest BCUT2D eigenvalue weighted by Crippen LogP contribution is -2.15. The molecule has 1 aromatic heterocycles. The lowest BCUT2D eigenvalue weighted by Gasteiger charge is -2.19. The molecule has 5 heteroatoms. The monoisotopic (exact) mass is 256 g/mol. The minimum atomic E-state index is 0.235. The molecule has 1 saturated heterocycles. The highest BCUT2D eigenvalue weighted by atomic mass is 32.2. The van der Waals surface area contributed by atoms with E-state index in [0.29, 0.717) is 0 Å². The molecule has 3 rings (SSSR count). The molecule has 3 nitrogen and oxygen atoms in total. The lowest BCUT2D eigenvalue weighted by atomic mass is 10.4. The van der Waals surface area contributed by atoms with E-state index in [0.717, 1.165) is 35.7 Å². The van der Waals surface area contributed by atoms with Crippen molar-refractivity contribution in [3.8, 4) is 0 Å². The standard InChI is InChI=1S/C11H16N2OS2/c1-2-8(1)12-5-9-6-13-11(16-9)10-7-15-4-3-14-10/h6,8,10,12H,1-5,7H2. The van der Waals surface area contributed by atoms with Gasteiger partial charge in [-0.1, -0.05) is 0 Å². The van der Waals surface area contributed by atoms with E-state index < -0.39 is 0 Å². The first-order valence-corrected chi connectivity index (χ1v) is 7.76. The summed E-state index contributed by atoms with van der Waals surface area (Å²) in [5.41, 5.74) is 0. The number of hydrogen-bond donors (Lipinski definition) is 1. The van der Waals surface area contributed by atoms with Crippen LogP contribution in [0.15, 0.2) is 6.20 Å². The van der Waals surface area contributed by atoms with Crippen molar-refractivity contribution >= 4 is 23.1 Å². The van der Waals surface area contributed by atoms with Crippen molar-refractivity contribution in [3.05, 3.63) is 16.1 Å². The van der Waals surface area contributed by atoms with E-state index in [9.17, 15) is 0 Å². The second kappa shape index (κ2) is 5.04. The summed E-state index contributed by atoms with van der Waals surface area (Å²) in [5, 5.41) is 4.67. The van der Waals surface area contributed by atoms with Crippen LogP contribution in [0.3, 0.4) is 0 Å². The lowest BCUT2D eigenvalue weighted by molar-refractivity contribution is 0.0755. The molecular formula is C11H16N2OS2. The summed E-state index contributed by atoms with van der Waals surface area (Å²) < 4.78 is 5.72. The SMILES string of the molecule is c1nc(C2CSCCO2)sc1CNC1CC1. The van der Waals surface area contributed by atoms with E-state index >= 15 is 0 Å². The third-order valence-corrected chi connectivity index (χ3v) is 4.89. The summed E-state index contributed by atoms with van der Waals surface area (Å²) in [6, 6.07) is 0.770. The predicted octanol–water partition coefficient (Wildman–Crippen LogP) is 2.20. The fourth-order valence-electron chi connectivity index (χ4n) is 1.72. The normalized spacial score (nSPS) is 25.9. The summed E-state index contributed by atoms with van der Waals surface area (Å²) in [6.45, 7) is 1.84. The van der Waals surface area contributed by atoms with E-state index in [1.165, 1.54) is 17.7 Å². The summed E-state index contributed by atoms with van der Waals surface area (Å²) in [4.78, 5) is 5.81. The summed E-state index contributed by atoms with van der Waals surface area (Å²) in [6.07, 6.45) is 4.92. The van der Waals surface area contributed by atoms with E-state index in [1.807, 2.05) is 18.0 Å². The van der Waals surface area contributed by atoms with Crippen molar-refractivity contribution in [1.82, 2.24) is 10.3 Å². The Morgan fingerprint density at radius 3 is 3.19 bits per heavy atom. The zero-order valence-corrected chi connectivity index (χ0v) is 10.8. The van der Waals surface area contributed by atoms with E-state index in [1.54, 1.807) is 11.3 Å². The summed E-state index contributed by atoms with van der Waals surface area (Å²) in [5.74, 6) is 2.18. The van der Waals surface area contributed by atoms with Gasteiger partial charge in [0.1, 0.15) is 11.1 Å². The molecular weight excluding hydrogens is 240 g/mol. The Kier molecular flexibility index (Phi) is 3.47. The molecule has 1 aliphatic heterocycles. The van der Waals surface area contributed by atoms with Crippen LogP contribution in [0.25, 0.3) is 0 Å². The van der Waals surface area contributed by atoms with Crippen LogP contribution in [0.4, 0.5) is 0 Å². The van der Waals surface area contributed by atoms with Crippen molar-refractivity contribution < 1.29 is 4.74 Å². The van der Waals surface area contributed by atoms with Gasteiger partial charge in [-0.3, -0.25) is 0 Å². The van der Waals surface area contributed by atoms with Crippen LogP contribution in [0.1, 0.15) is 28.8 Å². The molecule has 1 aromatic rings. The molecule has 2 aliphatic rings. The third kappa shape index (κ3) is 2.77. The van der Waals surface area contributed by atoms with Gasteiger partial charge in [0.2, 0.25) is 0 Å². The largest absolute Gasteiger partial charge is 0.369 e. The highest BCUT2D eigenvalue weighted by molar-refractivity contribution is 7.99. The van der Waals surface area contributed by atoms with Gasteiger partial charge in [0.15, 0.2) is 0 Å². The van der Waals surface area contributed by atoms with Gasteiger partial charge in [0.25, 0.3) is 0 Å². The third-order valence-electron chi connectivity index (χ3n) is 2.81. The Labute approximate surface area is 104 Å². The number of aromatic nitrogens is 1. The van der Waals surface area contributed by atoms with Gasteiger partial charge in [-0.2, -0.15) is 11.8 Å². The van der Waals surface area contributed by atoms with Crippen LogP contribution in [0.2, 0.25) is 0 Å². The zero-order valence-electron chi connectivity index (χ0n) is 9.15. The molecule has 0 aromatic carbocycles. The smallest absolute Gasteiger partial charge is 0.123 e. The Balaban J connectivity index is 1.57. The maximum atomic E-state index is 5.72. The zero-order chi connectivity index (χ0) is 10.8. The molecule has 1 N–H and O–H groups in total. The fourth-order valence-corrected chi connectivity index (χ4v) is 3.59. The second-order valence-electron chi connectivity index (χ2n) is 4.25. The molecule has 0 bridgehead atoms. The fraction of sp³-hybridized carbons (Fsp3) is 0.727.